The SMILES string of the molecule is CCNC(=NCc1cc(CC)no1)N1CCc2cc(OC)c(OC)cc2C1. The minimum absolute atomic E-state index is 0.477. The second-order valence-electron chi connectivity index (χ2n) is 6.46. The minimum atomic E-state index is 0.477. The average Bonchev–Trinajstić information content (AvgIpc) is 3.17. The van der Waals surface area contributed by atoms with Crippen molar-refractivity contribution >= 4 is 5.96 Å². The van der Waals surface area contributed by atoms with E-state index in [2.05, 4.69) is 41.4 Å². The number of aliphatic imine (C=N–C) groups is 1. The Morgan fingerprint density at radius 2 is 1.93 bits per heavy atom. The van der Waals surface area contributed by atoms with E-state index in [1.54, 1.807) is 14.2 Å². The summed E-state index contributed by atoms with van der Waals surface area (Å²) in [4.78, 5) is 7.00. The molecule has 0 radical (unpaired) electrons. The van der Waals surface area contributed by atoms with Gasteiger partial charge in [0.25, 0.3) is 0 Å². The maximum Gasteiger partial charge on any atom is 0.194 e. The second-order valence-corrected chi connectivity index (χ2v) is 6.46. The summed E-state index contributed by atoms with van der Waals surface area (Å²) in [6.07, 6.45) is 1.80. The zero-order valence-electron chi connectivity index (χ0n) is 16.5. The molecule has 0 spiro atoms. The summed E-state index contributed by atoms with van der Waals surface area (Å²) in [5, 5.41) is 7.42. The van der Waals surface area contributed by atoms with Gasteiger partial charge in [-0.05, 0) is 43.0 Å². The van der Waals surface area contributed by atoms with Crippen LogP contribution in [0.1, 0.15) is 36.4 Å². The molecule has 1 aromatic heterocycles. The number of aromatic nitrogens is 1. The lowest BCUT2D eigenvalue weighted by Crippen LogP contribution is -2.44. The summed E-state index contributed by atoms with van der Waals surface area (Å²) in [5.41, 5.74) is 3.48. The van der Waals surface area contributed by atoms with Gasteiger partial charge in [0.1, 0.15) is 6.54 Å². The Morgan fingerprint density at radius 1 is 1.19 bits per heavy atom. The van der Waals surface area contributed by atoms with E-state index in [1.807, 2.05) is 6.07 Å². The van der Waals surface area contributed by atoms with Crippen molar-refractivity contribution in [2.75, 3.05) is 27.3 Å². The Bertz CT molecular complexity index is 801. The van der Waals surface area contributed by atoms with Crippen molar-refractivity contribution in [2.24, 2.45) is 4.99 Å². The first-order valence-corrected chi connectivity index (χ1v) is 9.39. The molecule has 2 heterocycles. The third kappa shape index (κ3) is 4.35. The van der Waals surface area contributed by atoms with Gasteiger partial charge in [0.2, 0.25) is 0 Å². The molecule has 0 bridgehead atoms. The maximum absolute atomic E-state index is 5.46. The van der Waals surface area contributed by atoms with Crippen molar-refractivity contribution in [1.29, 1.82) is 0 Å². The fraction of sp³-hybridized carbons (Fsp3) is 0.500. The number of hydrogen-bond acceptors (Lipinski definition) is 5. The minimum Gasteiger partial charge on any atom is -0.493 e. The van der Waals surface area contributed by atoms with Crippen LogP contribution in [0.4, 0.5) is 0 Å². The van der Waals surface area contributed by atoms with Crippen LogP contribution in [-0.2, 0) is 25.9 Å². The highest BCUT2D eigenvalue weighted by Crippen LogP contribution is 2.33. The summed E-state index contributed by atoms with van der Waals surface area (Å²) in [6.45, 7) is 7.09. The van der Waals surface area contributed by atoms with Gasteiger partial charge in [-0.25, -0.2) is 4.99 Å². The van der Waals surface area contributed by atoms with Gasteiger partial charge >= 0.3 is 0 Å². The summed E-state index contributed by atoms with van der Waals surface area (Å²) in [5.74, 6) is 3.20. The van der Waals surface area contributed by atoms with E-state index in [4.69, 9.17) is 19.0 Å². The summed E-state index contributed by atoms with van der Waals surface area (Å²) >= 11 is 0. The molecular weight excluding hydrogens is 344 g/mol. The fourth-order valence-electron chi connectivity index (χ4n) is 3.24. The predicted molar refractivity (Wildman–Crippen MR) is 104 cm³/mol. The molecule has 0 aliphatic carbocycles. The molecule has 2 aromatic rings. The molecule has 0 atom stereocenters. The zero-order chi connectivity index (χ0) is 19.2. The summed E-state index contributed by atoms with van der Waals surface area (Å²) in [7, 11) is 3.33. The van der Waals surface area contributed by atoms with Crippen LogP contribution >= 0.6 is 0 Å². The molecule has 1 aliphatic heterocycles. The summed E-state index contributed by atoms with van der Waals surface area (Å²) < 4.78 is 16.2. The molecule has 1 N–H and O–H groups in total. The Kier molecular flexibility index (Phi) is 6.21. The topological polar surface area (TPSA) is 72.1 Å². The lowest BCUT2D eigenvalue weighted by Gasteiger charge is -2.32. The van der Waals surface area contributed by atoms with Gasteiger partial charge in [0, 0.05) is 25.7 Å². The Labute approximate surface area is 160 Å². The highest BCUT2D eigenvalue weighted by atomic mass is 16.5. The van der Waals surface area contributed by atoms with Gasteiger partial charge in [-0.15, -0.1) is 0 Å². The number of benzene rings is 1. The van der Waals surface area contributed by atoms with Crippen LogP contribution in [0.15, 0.2) is 27.7 Å². The van der Waals surface area contributed by atoms with E-state index in [0.29, 0.717) is 6.54 Å². The summed E-state index contributed by atoms with van der Waals surface area (Å²) in [6, 6.07) is 6.11. The van der Waals surface area contributed by atoms with Crippen molar-refractivity contribution in [2.45, 2.75) is 39.8 Å². The van der Waals surface area contributed by atoms with Gasteiger partial charge in [-0.2, -0.15) is 0 Å². The van der Waals surface area contributed by atoms with Crippen LogP contribution in [0.25, 0.3) is 0 Å². The van der Waals surface area contributed by atoms with E-state index in [-0.39, 0.29) is 0 Å². The van der Waals surface area contributed by atoms with Crippen LogP contribution in [0, 0.1) is 0 Å². The number of guanidine groups is 1. The number of methoxy groups -OCH3 is 2. The van der Waals surface area contributed by atoms with Gasteiger partial charge in [-0.3, -0.25) is 0 Å². The molecule has 27 heavy (non-hydrogen) atoms. The molecule has 0 fully saturated rings. The van der Waals surface area contributed by atoms with E-state index < -0.39 is 0 Å². The lowest BCUT2D eigenvalue weighted by atomic mass is 9.99. The maximum atomic E-state index is 5.46. The zero-order valence-corrected chi connectivity index (χ0v) is 16.5. The molecule has 0 saturated carbocycles. The molecule has 0 saturated heterocycles. The largest absolute Gasteiger partial charge is 0.493 e. The van der Waals surface area contributed by atoms with E-state index in [0.717, 1.165) is 61.4 Å². The predicted octanol–water partition coefficient (Wildman–Crippen LogP) is 2.78. The van der Waals surface area contributed by atoms with Crippen molar-refractivity contribution in [3.05, 3.63) is 40.8 Å². The van der Waals surface area contributed by atoms with Crippen molar-refractivity contribution in [3.63, 3.8) is 0 Å². The average molecular weight is 372 g/mol. The highest BCUT2D eigenvalue weighted by molar-refractivity contribution is 5.80. The second kappa shape index (κ2) is 8.79. The van der Waals surface area contributed by atoms with Gasteiger partial charge in [0.05, 0.1) is 19.9 Å². The Morgan fingerprint density at radius 3 is 2.56 bits per heavy atom. The van der Waals surface area contributed by atoms with Gasteiger partial charge < -0.3 is 24.2 Å². The molecular formula is C20H28N4O3. The highest BCUT2D eigenvalue weighted by Gasteiger charge is 2.21. The standard InChI is InChI=1S/C20H28N4O3/c1-5-16-11-17(27-23-16)12-22-20(21-6-2)24-8-7-14-9-18(25-3)19(26-4)10-15(14)13-24/h9-11H,5-8,12-13H2,1-4H3,(H,21,22). The molecule has 1 aliphatic rings. The number of fused-ring (bicyclic) bond motifs is 1. The van der Waals surface area contributed by atoms with Crippen molar-refractivity contribution < 1.29 is 14.0 Å². The van der Waals surface area contributed by atoms with Gasteiger partial charge in [-0.1, -0.05) is 12.1 Å². The van der Waals surface area contributed by atoms with Gasteiger partial charge in [0.15, 0.2) is 23.2 Å². The number of nitrogens with one attached hydrogen (secondary N) is 1. The molecule has 3 rings (SSSR count). The van der Waals surface area contributed by atoms with E-state index in [9.17, 15) is 0 Å². The van der Waals surface area contributed by atoms with Crippen molar-refractivity contribution in [1.82, 2.24) is 15.4 Å². The molecule has 0 unspecified atom stereocenters. The third-order valence-electron chi connectivity index (χ3n) is 4.71. The quantitative estimate of drug-likeness (QED) is 0.621. The molecule has 7 heteroatoms. The monoisotopic (exact) mass is 372 g/mol. The number of aryl methyl sites for hydroxylation is 1. The fourth-order valence-corrected chi connectivity index (χ4v) is 3.24. The van der Waals surface area contributed by atoms with Crippen LogP contribution in [0.3, 0.4) is 0 Å². The molecule has 7 nitrogen and oxygen atoms in total. The van der Waals surface area contributed by atoms with Crippen LogP contribution < -0.4 is 14.8 Å². The molecule has 0 amide bonds. The number of ether oxygens (including phenoxy) is 2. The first-order valence-electron chi connectivity index (χ1n) is 9.39. The Balaban J connectivity index is 1.78. The Hall–Kier alpha value is -2.70. The van der Waals surface area contributed by atoms with Crippen LogP contribution in [0.5, 0.6) is 11.5 Å². The van der Waals surface area contributed by atoms with Crippen molar-refractivity contribution in [3.8, 4) is 11.5 Å². The molecule has 146 valence electrons. The lowest BCUT2D eigenvalue weighted by molar-refractivity contribution is 0.345. The van der Waals surface area contributed by atoms with Crippen LogP contribution in [0.2, 0.25) is 0 Å². The smallest absolute Gasteiger partial charge is 0.194 e. The molecule has 1 aromatic carbocycles. The number of hydrogen-bond donors (Lipinski definition) is 1. The normalized spacial score (nSPS) is 14.1. The third-order valence-corrected chi connectivity index (χ3v) is 4.71. The number of rotatable bonds is 6. The first-order chi connectivity index (χ1) is 13.2. The first kappa shape index (κ1) is 19.1. The van der Waals surface area contributed by atoms with E-state index >= 15 is 0 Å². The van der Waals surface area contributed by atoms with E-state index in [1.165, 1.54) is 11.1 Å². The van der Waals surface area contributed by atoms with Crippen LogP contribution in [-0.4, -0.2) is 43.3 Å². The number of nitrogens with zero attached hydrogens (tertiary/aromatic N) is 3.